The number of nitrogens with zero attached hydrogens (tertiary/aromatic N) is 2. The largest absolute Gasteiger partial charge is 0.461 e. The molecular weight excluding hydrogens is 532 g/mol. The van der Waals surface area contributed by atoms with Crippen molar-refractivity contribution in [2.75, 3.05) is 0 Å². The Balaban J connectivity index is 0.000000169. The van der Waals surface area contributed by atoms with Crippen LogP contribution in [-0.2, 0) is 35.8 Å². The van der Waals surface area contributed by atoms with E-state index in [1.165, 1.54) is 48.0 Å². The molecule has 212 valence electrons. The first kappa shape index (κ1) is 28.7. The molecule has 2 aromatic heterocycles. The van der Waals surface area contributed by atoms with Crippen LogP contribution in [0, 0.1) is 0 Å². The van der Waals surface area contributed by atoms with Crippen molar-refractivity contribution in [2.45, 2.75) is 66.3 Å². The molecule has 0 amide bonds. The number of ether oxygens (including phenoxy) is 1. The average molecular weight is 569 g/mol. The maximum absolute atomic E-state index is 11.0. The summed E-state index contributed by atoms with van der Waals surface area (Å²) in [6.07, 6.45) is 3.67. The summed E-state index contributed by atoms with van der Waals surface area (Å²) >= 11 is 6.33. The molecule has 6 aromatic rings. The molecule has 0 unspecified atom stereocenters. The molecular formula is C35H37ClN2O3. The summed E-state index contributed by atoms with van der Waals surface area (Å²) < 4.78 is 9.79. The zero-order chi connectivity index (χ0) is 28.9. The van der Waals surface area contributed by atoms with E-state index in [1.54, 1.807) is 0 Å². The lowest BCUT2D eigenvalue weighted by molar-refractivity contribution is -0.142. The van der Waals surface area contributed by atoms with Gasteiger partial charge in [-0.15, -0.1) is 0 Å². The SMILES string of the molecule is CCCCCn1c2ccccc2c2cc(COC(C)=O)ccc21.CCn1c2ccc(CO)cc2c2c(Cl)cccc21. The normalized spacial score (nSPS) is 11.3. The van der Waals surface area contributed by atoms with Gasteiger partial charge in [0, 0.05) is 58.1 Å². The van der Waals surface area contributed by atoms with E-state index in [0.717, 1.165) is 51.0 Å². The number of aryl methyl sites for hydroxylation is 2. The molecule has 5 nitrogen and oxygen atoms in total. The molecule has 6 rings (SSSR count). The van der Waals surface area contributed by atoms with Crippen LogP contribution in [0.2, 0.25) is 5.02 Å². The minimum Gasteiger partial charge on any atom is -0.461 e. The fourth-order valence-electron chi connectivity index (χ4n) is 5.73. The number of rotatable bonds is 8. The van der Waals surface area contributed by atoms with Crippen molar-refractivity contribution in [3.63, 3.8) is 0 Å². The van der Waals surface area contributed by atoms with E-state index in [9.17, 15) is 9.90 Å². The number of aliphatic hydroxyl groups is 1. The molecule has 0 fully saturated rings. The van der Waals surface area contributed by atoms with Gasteiger partial charge in [-0.2, -0.15) is 0 Å². The third kappa shape index (κ3) is 5.83. The summed E-state index contributed by atoms with van der Waals surface area (Å²) in [5, 5.41) is 14.7. The topological polar surface area (TPSA) is 56.4 Å². The molecule has 6 heteroatoms. The maximum atomic E-state index is 11.0. The number of fused-ring (bicyclic) bond motifs is 6. The van der Waals surface area contributed by atoms with Crippen molar-refractivity contribution < 1.29 is 14.6 Å². The van der Waals surface area contributed by atoms with Gasteiger partial charge in [0.15, 0.2) is 0 Å². The van der Waals surface area contributed by atoms with E-state index < -0.39 is 0 Å². The van der Waals surface area contributed by atoms with Gasteiger partial charge < -0.3 is 19.0 Å². The van der Waals surface area contributed by atoms with Crippen molar-refractivity contribution >= 4 is 61.2 Å². The molecule has 0 bridgehead atoms. The van der Waals surface area contributed by atoms with Crippen LogP contribution in [0.5, 0.6) is 0 Å². The fourth-order valence-corrected chi connectivity index (χ4v) is 6.00. The number of carbonyl (C=O) groups is 1. The summed E-state index contributed by atoms with van der Waals surface area (Å²) in [4.78, 5) is 11.0. The van der Waals surface area contributed by atoms with E-state index in [4.69, 9.17) is 16.3 Å². The van der Waals surface area contributed by atoms with Gasteiger partial charge in [-0.3, -0.25) is 4.79 Å². The van der Waals surface area contributed by atoms with Gasteiger partial charge in [0.2, 0.25) is 0 Å². The molecule has 41 heavy (non-hydrogen) atoms. The number of aromatic nitrogens is 2. The van der Waals surface area contributed by atoms with Crippen molar-refractivity contribution in [3.8, 4) is 0 Å². The molecule has 0 aliphatic heterocycles. The second-order valence-electron chi connectivity index (χ2n) is 10.4. The predicted molar refractivity (Wildman–Crippen MR) is 170 cm³/mol. The van der Waals surface area contributed by atoms with Gasteiger partial charge in [-0.25, -0.2) is 0 Å². The van der Waals surface area contributed by atoms with Gasteiger partial charge in [-0.1, -0.05) is 67.8 Å². The number of aliphatic hydroxyl groups excluding tert-OH is 1. The van der Waals surface area contributed by atoms with Crippen LogP contribution in [0.3, 0.4) is 0 Å². The van der Waals surface area contributed by atoms with Crippen molar-refractivity contribution in [1.29, 1.82) is 0 Å². The number of carbonyl (C=O) groups excluding carboxylic acids is 1. The van der Waals surface area contributed by atoms with Gasteiger partial charge >= 0.3 is 5.97 Å². The molecule has 0 saturated heterocycles. The van der Waals surface area contributed by atoms with Crippen LogP contribution in [-0.4, -0.2) is 20.2 Å². The Morgan fingerprint density at radius 1 is 0.780 bits per heavy atom. The van der Waals surface area contributed by atoms with E-state index in [1.807, 2.05) is 24.3 Å². The number of hydrogen-bond acceptors (Lipinski definition) is 3. The summed E-state index contributed by atoms with van der Waals surface area (Å²) in [6.45, 7) is 8.13. The summed E-state index contributed by atoms with van der Waals surface area (Å²) in [7, 11) is 0. The Hall–Kier alpha value is -3.80. The third-order valence-electron chi connectivity index (χ3n) is 7.67. The molecule has 2 heterocycles. The first-order valence-corrected chi connectivity index (χ1v) is 14.8. The fraction of sp³-hybridized carbons (Fsp3) is 0.286. The van der Waals surface area contributed by atoms with Crippen LogP contribution >= 0.6 is 11.6 Å². The summed E-state index contributed by atoms with van der Waals surface area (Å²) in [5.74, 6) is -0.243. The number of benzene rings is 4. The van der Waals surface area contributed by atoms with Gasteiger partial charge in [-0.05, 0) is 66.9 Å². The van der Waals surface area contributed by atoms with Gasteiger partial charge in [0.1, 0.15) is 6.61 Å². The van der Waals surface area contributed by atoms with Crippen LogP contribution < -0.4 is 0 Å². The highest BCUT2D eigenvalue weighted by atomic mass is 35.5. The lowest BCUT2D eigenvalue weighted by atomic mass is 10.1. The highest BCUT2D eigenvalue weighted by Crippen LogP contribution is 2.35. The van der Waals surface area contributed by atoms with E-state index >= 15 is 0 Å². The molecule has 0 radical (unpaired) electrons. The number of halogens is 1. The second-order valence-corrected chi connectivity index (χ2v) is 10.8. The van der Waals surface area contributed by atoms with Gasteiger partial charge in [0.05, 0.1) is 17.1 Å². The minimum atomic E-state index is -0.243. The molecule has 0 aliphatic carbocycles. The Kier molecular flexibility index (Phi) is 8.96. The predicted octanol–water partition coefficient (Wildman–Crippen LogP) is 9.01. The zero-order valence-electron chi connectivity index (χ0n) is 24.0. The number of esters is 1. The van der Waals surface area contributed by atoms with Crippen molar-refractivity contribution in [3.05, 3.63) is 95.0 Å². The first-order chi connectivity index (χ1) is 20.0. The zero-order valence-corrected chi connectivity index (χ0v) is 24.7. The van der Waals surface area contributed by atoms with E-state index in [0.29, 0.717) is 6.61 Å². The van der Waals surface area contributed by atoms with E-state index in [-0.39, 0.29) is 12.6 Å². The Bertz CT molecular complexity index is 1830. The highest BCUT2D eigenvalue weighted by Gasteiger charge is 2.13. The molecule has 4 aromatic carbocycles. The summed E-state index contributed by atoms with van der Waals surface area (Å²) in [6, 6.07) is 26.9. The van der Waals surface area contributed by atoms with Crippen molar-refractivity contribution in [1.82, 2.24) is 9.13 Å². The monoisotopic (exact) mass is 568 g/mol. The second kappa shape index (κ2) is 12.8. The smallest absolute Gasteiger partial charge is 0.302 e. The molecule has 0 spiro atoms. The first-order valence-electron chi connectivity index (χ1n) is 14.4. The number of hydrogen-bond donors (Lipinski definition) is 1. The maximum Gasteiger partial charge on any atom is 0.302 e. The molecule has 0 saturated carbocycles. The van der Waals surface area contributed by atoms with Crippen LogP contribution in [0.15, 0.2) is 78.9 Å². The molecule has 0 atom stereocenters. The standard InChI is InChI=1S/C20H23NO2.C15H14ClNO/c1-3-4-7-12-21-19-9-6-5-8-17(19)18-13-16(10-11-20(18)21)14-23-15(2)22;1-2-17-13-7-6-10(9-18)8-11(13)15-12(16)4-3-5-14(15)17/h5-6,8-11,13H,3-4,7,12,14H2,1-2H3;3-8,18H,2,9H2,1H3. The van der Waals surface area contributed by atoms with Crippen LogP contribution in [0.25, 0.3) is 43.6 Å². The summed E-state index contributed by atoms with van der Waals surface area (Å²) in [5.41, 5.74) is 6.80. The van der Waals surface area contributed by atoms with Crippen LogP contribution in [0.1, 0.15) is 51.2 Å². The minimum absolute atomic E-state index is 0.0548. The Morgan fingerprint density at radius 3 is 2.20 bits per heavy atom. The Morgan fingerprint density at radius 2 is 1.46 bits per heavy atom. The molecule has 1 N–H and O–H groups in total. The Labute approximate surface area is 245 Å². The molecule has 0 aliphatic rings. The number of para-hydroxylation sites is 1. The number of unbranched alkanes of at least 4 members (excludes halogenated alkanes) is 2. The third-order valence-corrected chi connectivity index (χ3v) is 7.98. The average Bonchev–Trinajstić information content (AvgIpc) is 3.48. The van der Waals surface area contributed by atoms with Crippen LogP contribution in [0.4, 0.5) is 0 Å². The quantitative estimate of drug-likeness (QED) is 0.147. The van der Waals surface area contributed by atoms with Crippen molar-refractivity contribution in [2.24, 2.45) is 0 Å². The highest BCUT2D eigenvalue weighted by molar-refractivity contribution is 6.38. The van der Waals surface area contributed by atoms with Gasteiger partial charge in [0.25, 0.3) is 0 Å². The lowest BCUT2D eigenvalue weighted by Crippen LogP contribution is -1.99. The van der Waals surface area contributed by atoms with E-state index in [2.05, 4.69) is 77.6 Å². The lowest BCUT2D eigenvalue weighted by Gasteiger charge is -2.07.